The van der Waals surface area contributed by atoms with Crippen molar-refractivity contribution < 1.29 is 0 Å². The lowest BCUT2D eigenvalue weighted by Crippen LogP contribution is -2.14. The van der Waals surface area contributed by atoms with Gasteiger partial charge in [-0.25, -0.2) is 9.69 Å². The number of benzene rings is 3. The summed E-state index contributed by atoms with van der Waals surface area (Å²) in [6, 6.07) is 29.9. The smallest absolute Gasteiger partial charge is 0.214 e. The molecule has 16 nitrogen and oxygen atoms in total. The van der Waals surface area contributed by atoms with Crippen LogP contribution in [-0.4, -0.2) is 43.6 Å². The molecule has 3 aromatic carbocycles. The number of aromatic nitrogens is 9. The van der Waals surface area contributed by atoms with Crippen LogP contribution in [0.15, 0.2) is 147 Å². The zero-order chi connectivity index (χ0) is 47.6. The van der Waals surface area contributed by atoms with Crippen LogP contribution >= 0.6 is 0 Å². The third-order valence-electron chi connectivity index (χ3n) is 12.5. The molecule has 0 saturated heterocycles. The Labute approximate surface area is 395 Å². The SMILES string of the molecule is [C-]#[N+]c1cc(N(c2cc(C#N)c(-n3c4ccncc4c4cnccc43)c(C#N)c2)c2cc(C#N)c(-n3c4ccncc4c4cnccc43)c([N+]#[C-])c2)cc(C#N)c1-n1c2ccncc2c2cnccc21. The summed E-state index contributed by atoms with van der Waals surface area (Å²) in [6.45, 7) is 17.2. The largest absolute Gasteiger partial charge is 0.317 e. The van der Waals surface area contributed by atoms with E-state index >= 15 is 0 Å². The minimum absolute atomic E-state index is 0.0895. The Bertz CT molecular complexity index is 3810. The van der Waals surface area contributed by atoms with Crippen molar-refractivity contribution in [3.63, 3.8) is 0 Å². The van der Waals surface area contributed by atoms with Gasteiger partial charge in [0.15, 0.2) is 0 Å². The van der Waals surface area contributed by atoms with E-state index in [1.165, 1.54) is 0 Å². The fourth-order valence-corrected chi connectivity index (χ4v) is 9.73. The molecule has 0 aliphatic rings. The Morgan fingerprint density at radius 3 is 0.871 bits per heavy atom. The molecule has 0 bridgehead atoms. The molecule has 9 aromatic heterocycles. The lowest BCUT2D eigenvalue weighted by atomic mass is 10.0. The molecule has 0 radical (unpaired) electrons. The van der Waals surface area contributed by atoms with Gasteiger partial charge >= 0.3 is 0 Å². The van der Waals surface area contributed by atoms with Gasteiger partial charge in [-0.15, -0.1) is 0 Å². The van der Waals surface area contributed by atoms with E-state index in [4.69, 9.17) is 13.1 Å². The van der Waals surface area contributed by atoms with Crippen LogP contribution in [0, 0.1) is 58.5 Å². The Morgan fingerprint density at radius 2 is 0.614 bits per heavy atom. The van der Waals surface area contributed by atoms with E-state index in [9.17, 15) is 21.0 Å². The normalized spacial score (nSPS) is 11.1. The summed E-state index contributed by atoms with van der Waals surface area (Å²) < 4.78 is 5.53. The van der Waals surface area contributed by atoms with Gasteiger partial charge in [-0.2, -0.15) is 21.0 Å². The maximum absolute atomic E-state index is 11.1. The van der Waals surface area contributed by atoms with Crippen LogP contribution in [0.3, 0.4) is 0 Å². The van der Waals surface area contributed by atoms with Crippen molar-refractivity contribution in [1.29, 1.82) is 21.0 Å². The summed E-state index contributed by atoms with van der Waals surface area (Å²) in [5.41, 5.74) is 6.52. The second kappa shape index (κ2) is 15.7. The molecule has 0 atom stereocenters. The Balaban J connectivity index is 1.16. The third kappa shape index (κ3) is 5.76. The van der Waals surface area contributed by atoms with Gasteiger partial charge in [-0.1, -0.05) is 0 Å². The number of hydrogen-bond donors (Lipinski definition) is 0. The molecule has 9 heterocycles. The maximum Gasteiger partial charge on any atom is 0.214 e. The minimum atomic E-state index is 0.0895. The van der Waals surface area contributed by atoms with E-state index in [2.05, 4.69) is 63.9 Å². The molecule has 0 aliphatic carbocycles. The summed E-state index contributed by atoms with van der Waals surface area (Å²) in [7, 11) is 0. The molecule has 320 valence electrons. The first-order chi connectivity index (χ1) is 34.5. The van der Waals surface area contributed by atoms with E-state index in [0.717, 1.165) is 32.3 Å². The van der Waals surface area contributed by atoms with Crippen LogP contribution in [0.1, 0.15) is 22.3 Å². The first kappa shape index (κ1) is 40.2. The highest BCUT2D eigenvalue weighted by atomic mass is 15.2. The molecule has 0 N–H and O–H groups in total. The average Bonchev–Trinajstić information content (AvgIpc) is 4.05. The number of hydrogen-bond acceptors (Lipinski definition) is 11. The van der Waals surface area contributed by atoms with Crippen molar-refractivity contribution in [2.24, 2.45) is 0 Å². The van der Waals surface area contributed by atoms with E-state index < -0.39 is 0 Å². The number of anilines is 3. The topological polar surface area (TPSA) is 199 Å². The van der Waals surface area contributed by atoms with Crippen molar-refractivity contribution in [3.8, 4) is 41.3 Å². The monoisotopic (exact) mass is 896 g/mol. The summed E-state index contributed by atoms with van der Waals surface area (Å²) in [4.78, 5) is 35.7. The average molecular weight is 897 g/mol. The molecule has 0 saturated carbocycles. The molecule has 70 heavy (non-hydrogen) atoms. The molecule has 0 unspecified atom stereocenters. The number of pyridine rings is 6. The van der Waals surface area contributed by atoms with Crippen molar-refractivity contribution in [3.05, 3.63) is 192 Å². The highest BCUT2D eigenvalue weighted by molar-refractivity contribution is 6.11. The van der Waals surface area contributed by atoms with Gasteiger partial charge in [-0.05, 0) is 72.8 Å². The molecule has 12 aromatic rings. The van der Waals surface area contributed by atoms with E-state index in [1.54, 1.807) is 128 Å². The van der Waals surface area contributed by atoms with Crippen molar-refractivity contribution in [1.82, 2.24) is 43.6 Å². The zero-order valence-corrected chi connectivity index (χ0v) is 36.0. The molecule has 16 heteroatoms. The molecule has 0 amide bonds. The molecule has 0 fully saturated rings. The standard InChI is InChI=1S/C54H24N16/c1-59-44-19-36(17-33(23-57)53(44)69-48-5-11-63-27-40(48)41-28-64-12-6-49(41)69)67(35-15-31(21-55)52(32(16-35)22-56)68-46-3-9-61-25-38(46)39-26-62-10-4-47(39)68)37-18-34(24-58)54(45(20-37)60-2)70-50-7-13-65-29-42(50)43-30-66-14-8-51(43)70/h3-20,25-30H. The fraction of sp³-hybridized carbons (Fsp3) is 0. The van der Waals surface area contributed by atoms with Crippen LogP contribution < -0.4 is 4.90 Å². The number of nitriles is 4. The zero-order valence-electron chi connectivity index (χ0n) is 36.0. The number of rotatable bonds is 6. The highest BCUT2D eigenvalue weighted by Crippen LogP contribution is 2.47. The molecular weight excluding hydrogens is 873 g/mol. The molecule has 0 aliphatic heterocycles. The first-order valence-electron chi connectivity index (χ1n) is 21.2. The minimum Gasteiger partial charge on any atom is -0.317 e. The van der Waals surface area contributed by atoms with Gasteiger partial charge in [0, 0.05) is 124 Å². The van der Waals surface area contributed by atoms with E-state index in [0.29, 0.717) is 50.2 Å². The predicted molar refractivity (Wildman–Crippen MR) is 262 cm³/mol. The molecule has 12 rings (SSSR count). The highest BCUT2D eigenvalue weighted by Gasteiger charge is 2.28. The van der Waals surface area contributed by atoms with Gasteiger partial charge in [0.05, 0.1) is 85.6 Å². The Morgan fingerprint density at radius 1 is 0.371 bits per heavy atom. The lowest BCUT2D eigenvalue weighted by Gasteiger charge is -2.29. The van der Waals surface area contributed by atoms with Gasteiger partial charge in [0.2, 0.25) is 11.4 Å². The molecule has 0 spiro atoms. The first-order valence-corrected chi connectivity index (χ1v) is 21.2. The van der Waals surface area contributed by atoms with Crippen LogP contribution in [0.25, 0.3) is 92.2 Å². The van der Waals surface area contributed by atoms with Crippen LogP contribution in [0.4, 0.5) is 28.4 Å². The van der Waals surface area contributed by atoms with Gasteiger partial charge in [-0.3, -0.25) is 29.9 Å². The van der Waals surface area contributed by atoms with Crippen molar-refractivity contribution >= 4 is 93.9 Å². The number of nitrogens with zero attached hydrogens (tertiary/aromatic N) is 16. The summed E-state index contributed by atoms with van der Waals surface area (Å²) in [6.07, 6.45) is 20.1. The lowest BCUT2D eigenvalue weighted by molar-refractivity contribution is 1.14. The van der Waals surface area contributed by atoms with E-state index in [1.807, 2.05) is 38.0 Å². The van der Waals surface area contributed by atoms with Crippen molar-refractivity contribution in [2.75, 3.05) is 4.90 Å². The third-order valence-corrected chi connectivity index (χ3v) is 12.5. The van der Waals surface area contributed by atoms with Crippen LogP contribution in [0.5, 0.6) is 0 Å². The second-order valence-corrected chi connectivity index (χ2v) is 16.0. The van der Waals surface area contributed by atoms with E-state index in [-0.39, 0.29) is 50.7 Å². The van der Waals surface area contributed by atoms with Crippen molar-refractivity contribution in [2.45, 2.75) is 0 Å². The van der Waals surface area contributed by atoms with Gasteiger partial charge in [0.1, 0.15) is 24.3 Å². The Kier molecular flexibility index (Phi) is 9.02. The van der Waals surface area contributed by atoms with Gasteiger partial charge in [0.25, 0.3) is 0 Å². The maximum atomic E-state index is 11.1. The van der Waals surface area contributed by atoms with Gasteiger partial charge < -0.3 is 18.6 Å². The fourth-order valence-electron chi connectivity index (χ4n) is 9.73. The number of fused-ring (bicyclic) bond motifs is 9. The Hall–Kier alpha value is -11.3. The second-order valence-electron chi connectivity index (χ2n) is 16.0. The quantitative estimate of drug-likeness (QED) is 0.144. The predicted octanol–water partition coefficient (Wildman–Crippen LogP) is 11.4. The van der Waals surface area contributed by atoms with Crippen LogP contribution in [0.2, 0.25) is 0 Å². The summed E-state index contributed by atoms with van der Waals surface area (Å²) in [5.74, 6) is 0. The summed E-state index contributed by atoms with van der Waals surface area (Å²) in [5, 5.41) is 48.9. The molecular formula is C54H24N16. The summed E-state index contributed by atoms with van der Waals surface area (Å²) >= 11 is 0. The van der Waals surface area contributed by atoms with Crippen LogP contribution in [-0.2, 0) is 0 Å².